The lowest BCUT2D eigenvalue weighted by Crippen LogP contribution is -2.29. The van der Waals surface area contributed by atoms with E-state index in [1.165, 1.54) is 11.1 Å². The second kappa shape index (κ2) is 4.85. The van der Waals surface area contributed by atoms with Crippen molar-refractivity contribution < 1.29 is 9.59 Å². The number of primary amides is 1. The van der Waals surface area contributed by atoms with E-state index in [2.05, 4.69) is 36.8 Å². The van der Waals surface area contributed by atoms with E-state index in [-0.39, 0.29) is 18.9 Å². The highest BCUT2D eigenvalue weighted by atomic mass is 79.9. The van der Waals surface area contributed by atoms with Gasteiger partial charge in [-0.15, -0.1) is 0 Å². The van der Waals surface area contributed by atoms with E-state index < -0.39 is 11.8 Å². The van der Waals surface area contributed by atoms with Crippen molar-refractivity contribution >= 4 is 55.0 Å². The van der Waals surface area contributed by atoms with Gasteiger partial charge in [0.2, 0.25) is 11.8 Å². The Morgan fingerprint density at radius 2 is 2.17 bits per heavy atom. The molecule has 4 N–H and O–H groups in total. The maximum atomic E-state index is 11.9. The molecular formula is C10H10Br2N4O2. The maximum absolute atomic E-state index is 11.9. The van der Waals surface area contributed by atoms with Crippen LogP contribution in [0.3, 0.4) is 0 Å². The van der Waals surface area contributed by atoms with Gasteiger partial charge in [0.1, 0.15) is 10.3 Å². The topological polar surface area (TPSA) is 102 Å². The third kappa shape index (κ3) is 2.22. The number of nitrogen functional groups attached to an aromatic ring is 1. The number of hydrogen-bond donors (Lipinski definition) is 2. The molecule has 1 aromatic rings. The Kier molecular flexibility index (Phi) is 3.58. The number of amides is 2. The Bertz CT molecular complexity index is 535. The van der Waals surface area contributed by atoms with Gasteiger partial charge in [-0.3, -0.25) is 9.59 Å². The van der Waals surface area contributed by atoms with Gasteiger partial charge >= 0.3 is 0 Å². The standard InChI is InChI=1S/C10H10Br2N4O2/c11-5-2-15-9(12)8(7(5)13)16-3-4(10(14)18)1-6(16)17/h2,4H,1,3H2,(H2,13,15)(H2,14,18). The highest BCUT2D eigenvalue weighted by molar-refractivity contribution is 9.11. The zero-order valence-corrected chi connectivity index (χ0v) is 12.4. The van der Waals surface area contributed by atoms with Crippen LogP contribution in [-0.4, -0.2) is 23.3 Å². The predicted molar refractivity (Wildman–Crippen MR) is 73.7 cm³/mol. The van der Waals surface area contributed by atoms with Crippen LogP contribution in [0.2, 0.25) is 0 Å². The first-order valence-electron chi connectivity index (χ1n) is 5.11. The van der Waals surface area contributed by atoms with E-state index >= 15 is 0 Å². The summed E-state index contributed by atoms with van der Waals surface area (Å²) < 4.78 is 1.05. The van der Waals surface area contributed by atoms with E-state index in [1.54, 1.807) is 0 Å². The second-order valence-corrected chi connectivity index (χ2v) is 5.57. The number of anilines is 2. The second-order valence-electron chi connectivity index (χ2n) is 3.97. The molecule has 1 atom stereocenters. The van der Waals surface area contributed by atoms with Gasteiger partial charge in [0.05, 0.1) is 16.1 Å². The fourth-order valence-corrected chi connectivity index (χ4v) is 2.66. The first-order chi connectivity index (χ1) is 8.41. The first-order valence-corrected chi connectivity index (χ1v) is 6.69. The van der Waals surface area contributed by atoms with Gasteiger partial charge < -0.3 is 16.4 Å². The first kappa shape index (κ1) is 13.3. The molecule has 18 heavy (non-hydrogen) atoms. The number of carbonyl (C=O) groups excluding carboxylic acids is 2. The molecule has 1 aliphatic rings. The van der Waals surface area contributed by atoms with Gasteiger partial charge in [-0.1, -0.05) is 0 Å². The number of rotatable bonds is 2. The Morgan fingerprint density at radius 3 is 2.72 bits per heavy atom. The summed E-state index contributed by atoms with van der Waals surface area (Å²) in [4.78, 5) is 28.5. The van der Waals surface area contributed by atoms with Gasteiger partial charge in [-0.05, 0) is 31.9 Å². The third-order valence-corrected chi connectivity index (χ3v) is 4.01. The minimum absolute atomic E-state index is 0.105. The molecule has 1 aromatic heterocycles. The van der Waals surface area contributed by atoms with Gasteiger partial charge in [0, 0.05) is 19.2 Å². The minimum Gasteiger partial charge on any atom is -0.396 e. The van der Waals surface area contributed by atoms with Crippen molar-refractivity contribution in [3.8, 4) is 0 Å². The average Bonchev–Trinajstić information content (AvgIpc) is 2.67. The summed E-state index contributed by atoms with van der Waals surface area (Å²) in [6.07, 6.45) is 1.64. The molecule has 0 spiro atoms. The highest BCUT2D eigenvalue weighted by Crippen LogP contribution is 2.38. The monoisotopic (exact) mass is 376 g/mol. The highest BCUT2D eigenvalue weighted by Gasteiger charge is 2.36. The Balaban J connectivity index is 2.41. The molecule has 0 radical (unpaired) electrons. The summed E-state index contributed by atoms with van der Waals surface area (Å²) in [5.41, 5.74) is 12.0. The summed E-state index contributed by atoms with van der Waals surface area (Å²) in [6, 6.07) is 0. The van der Waals surface area contributed by atoms with E-state index in [9.17, 15) is 9.59 Å². The lowest BCUT2D eigenvalue weighted by Gasteiger charge is -2.20. The summed E-state index contributed by atoms with van der Waals surface area (Å²) in [6.45, 7) is 0.231. The Labute approximate surface area is 120 Å². The summed E-state index contributed by atoms with van der Waals surface area (Å²) in [7, 11) is 0. The fraction of sp³-hybridized carbons (Fsp3) is 0.300. The van der Waals surface area contributed by atoms with Gasteiger partial charge in [0.25, 0.3) is 0 Å². The van der Waals surface area contributed by atoms with Gasteiger partial charge in [-0.25, -0.2) is 4.98 Å². The van der Waals surface area contributed by atoms with Crippen LogP contribution in [0.5, 0.6) is 0 Å². The van der Waals surface area contributed by atoms with Crippen molar-refractivity contribution in [1.82, 2.24) is 4.98 Å². The van der Waals surface area contributed by atoms with Crippen molar-refractivity contribution in [2.45, 2.75) is 6.42 Å². The van der Waals surface area contributed by atoms with Crippen molar-refractivity contribution in [2.24, 2.45) is 11.7 Å². The van der Waals surface area contributed by atoms with E-state index in [0.29, 0.717) is 20.5 Å². The molecule has 2 rings (SSSR count). The predicted octanol–water partition coefficient (Wildman–Crippen LogP) is 1.03. The zero-order valence-electron chi connectivity index (χ0n) is 9.19. The molecule has 0 bridgehead atoms. The Hall–Kier alpha value is -1.15. The number of nitrogens with two attached hydrogens (primary N) is 2. The Morgan fingerprint density at radius 1 is 1.50 bits per heavy atom. The molecule has 1 unspecified atom stereocenters. The molecular weight excluding hydrogens is 368 g/mol. The minimum atomic E-state index is -0.484. The molecule has 96 valence electrons. The number of halogens is 2. The molecule has 8 heteroatoms. The van der Waals surface area contributed by atoms with Crippen molar-refractivity contribution in [1.29, 1.82) is 0 Å². The largest absolute Gasteiger partial charge is 0.396 e. The number of carbonyl (C=O) groups is 2. The molecule has 0 aromatic carbocycles. The van der Waals surface area contributed by atoms with E-state index in [0.717, 1.165) is 0 Å². The summed E-state index contributed by atoms with van der Waals surface area (Å²) in [5.74, 6) is -1.16. The molecule has 2 heterocycles. The number of hydrogen-bond acceptors (Lipinski definition) is 4. The zero-order chi connectivity index (χ0) is 13.4. The van der Waals surface area contributed by atoms with Crippen LogP contribution in [0.25, 0.3) is 0 Å². The molecule has 0 saturated carbocycles. The summed E-state index contributed by atoms with van der Waals surface area (Å²) >= 11 is 6.51. The molecule has 0 aliphatic carbocycles. The quantitative estimate of drug-likeness (QED) is 0.751. The molecule has 1 aliphatic heterocycles. The molecule has 1 saturated heterocycles. The average molecular weight is 378 g/mol. The summed E-state index contributed by atoms with van der Waals surface area (Å²) in [5, 5.41) is 0. The van der Waals surface area contributed by atoms with E-state index in [4.69, 9.17) is 11.5 Å². The van der Waals surface area contributed by atoms with Crippen LogP contribution in [-0.2, 0) is 9.59 Å². The fourth-order valence-electron chi connectivity index (χ4n) is 1.84. The molecule has 1 fully saturated rings. The third-order valence-electron chi connectivity index (χ3n) is 2.80. The lowest BCUT2D eigenvalue weighted by atomic mass is 10.1. The van der Waals surface area contributed by atoms with Crippen LogP contribution >= 0.6 is 31.9 Å². The SMILES string of the molecule is NC(=O)C1CC(=O)N(c2c(Br)ncc(Br)c2N)C1. The molecule has 6 nitrogen and oxygen atoms in total. The molecule has 2 amide bonds. The lowest BCUT2D eigenvalue weighted by molar-refractivity contribution is -0.123. The van der Waals surface area contributed by atoms with Crippen LogP contribution in [0.15, 0.2) is 15.3 Å². The van der Waals surface area contributed by atoms with Gasteiger partial charge in [0.15, 0.2) is 0 Å². The van der Waals surface area contributed by atoms with Crippen molar-refractivity contribution in [2.75, 3.05) is 17.2 Å². The van der Waals surface area contributed by atoms with Gasteiger partial charge in [-0.2, -0.15) is 0 Å². The number of pyridine rings is 1. The maximum Gasteiger partial charge on any atom is 0.228 e. The number of nitrogens with zero attached hydrogens (tertiary/aromatic N) is 2. The van der Waals surface area contributed by atoms with E-state index in [1.807, 2.05) is 0 Å². The number of aromatic nitrogens is 1. The van der Waals surface area contributed by atoms with Crippen molar-refractivity contribution in [3.05, 3.63) is 15.3 Å². The van der Waals surface area contributed by atoms with Crippen molar-refractivity contribution in [3.63, 3.8) is 0 Å². The van der Waals surface area contributed by atoms with Crippen LogP contribution in [0.4, 0.5) is 11.4 Å². The normalized spacial score (nSPS) is 19.3. The van der Waals surface area contributed by atoms with Crippen LogP contribution < -0.4 is 16.4 Å². The smallest absolute Gasteiger partial charge is 0.228 e. The van der Waals surface area contributed by atoms with Crippen LogP contribution in [0, 0.1) is 5.92 Å². The van der Waals surface area contributed by atoms with Crippen LogP contribution in [0.1, 0.15) is 6.42 Å².